The summed E-state index contributed by atoms with van der Waals surface area (Å²) in [5.41, 5.74) is 1.27. The number of nitrogens with one attached hydrogen (secondary N) is 1. The highest BCUT2D eigenvalue weighted by Crippen LogP contribution is 2.31. The van der Waals surface area contributed by atoms with Crippen LogP contribution in [0, 0.1) is 0 Å². The van der Waals surface area contributed by atoms with Crippen LogP contribution in [0.15, 0.2) is 41.3 Å². The Hall–Kier alpha value is -2.29. The number of hydrogen-bond acceptors (Lipinski definition) is 5. The second-order valence-corrected chi connectivity index (χ2v) is 9.55. The second kappa shape index (κ2) is 8.83. The first-order chi connectivity index (χ1) is 14.4. The first-order valence-electron chi connectivity index (χ1n) is 9.91. The normalized spacial score (nSPS) is 16.4. The molecule has 1 fully saturated rings. The number of rotatable bonds is 6. The van der Waals surface area contributed by atoms with Crippen LogP contribution >= 0.6 is 11.6 Å². The molecule has 160 valence electrons. The zero-order chi connectivity index (χ0) is 21.1. The van der Waals surface area contributed by atoms with Crippen LogP contribution in [0.2, 0.25) is 5.02 Å². The minimum absolute atomic E-state index is 0.0226. The van der Waals surface area contributed by atoms with E-state index in [0.717, 1.165) is 24.2 Å². The van der Waals surface area contributed by atoms with Crippen molar-refractivity contribution in [3.05, 3.63) is 52.5 Å². The number of nitrogens with zero attached hydrogens (tertiary/aromatic N) is 1. The summed E-state index contributed by atoms with van der Waals surface area (Å²) in [6.45, 7) is 2.41. The first-order valence-corrected chi connectivity index (χ1v) is 11.7. The number of amides is 1. The van der Waals surface area contributed by atoms with Crippen molar-refractivity contribution in [2.24, 2.45) is 0 Å². The topological polar surface area (TPSA) is 84.9 Å². The lowest BCUT2D eigenvalue weighted by Gasteiger charge is -2.19. The molecule has 30 heavy (non-hydrogen) atoms. The molecule has 1 amide bonds. The SMILES string of the molecule is O=C(NCCc1ccc2c(c1)OCCO2)c1ccc(Cl)c(S(=O)(=O)N2CCCC2)c1. The van der Waals surface area contributed by atoms with E-state index in [4.69, 9.17) is 21.1 Å². The van der Waals surface area contributed by atoms with Gasteiger partial charge in [0.05, 0.1) is 5.02 Å². The molecule has 0 atom stereocenters. The zero-order valence-electron chi connectivity index (χ0n) is 16.4. The Morgan fingerprint density at radius 1 is 1.03 bits per heavy atom. The summed E-state index contributed by atoms with van der Waals surface area (Å²) in [7, 11) is -3.70. The molecule has 0 spiro atoms. The zero-order valence-corrected chi connectivity index (χ0v) is 18.0. The average Bonchev–Trinajstić information content (AvgIpc) is 3.29. The Balaban J connectivity index is 1.41. The predicted octanol–water partition coefficient (Wildman–Crippen LogP) is 2.87. The summed E-state index contributed by atoms with van der Waals surface area (Å²) in [4.78, 5) is 12.5. The largest absolute Gasteiger partial charge is 0.486 e. The minimum Gasteiger partial charge on any atom is -0.486 e. The number of benzene rings is 2. The van der Waals surface area contributed by atoms with Crippen LogP contribution in [0.1, 0.15) is 28.8 Å². The van der Waals surface area contributed by atoms with Gasteiger partial charge in [-0.15, -0.1) is 0 Å². The van der Waals surface area contributed by atoms with E-state index < -0.39 is 10.0 Å². The van der Waals surface area contributed by atoms with Gasteiger partial charge in [-0.25, -0.2) is 8.42 Å². The summed E-state index contributed by atoms with van der Waals surface area (Å²) in [6.07, 6.45) is 2.27. The number of fused-ring (bicyclic) bond motifs is 1. The molecule has 0 bridgehead atoms. The van der Waals surface area contributed by atoms with Crippen LogP contribution in [0.25, 0.3) is 0 Å². The Kier molecular flexibility index (Phi) is 6.17. The Bertz CT molecular complexity index is 1050. The van der Waals surface area contributed by atoms with E-state index in [2.05, 4.69) is 5.32 Å². The first kappa shape index (κ1) is 21.0. The van der Waals surface area contributed by atoms with E-state index in [1.165, 1.54) is 22.5 Å². The molecule has 2 aromatic rings. The van der Waals surface area contributed by atoms with Gasteiger partial charge in [0.2, 0.25) is 10.0 Å². The number of carbonyl (C=O) groups is 1. The van der Waals surface area contributed by atoms with Crippen molar-refractivity contribution in [3.8, 4) is 11.5 Å². The fourth-order valence-corrected chi connectivity index (χ4v) is 5.59. The lowest BCUT2D eigenvalue weighted by molar-refractivity contribution is 0.0954. The van der Waals surface area contributed by atoms with Crippen molar-refractivity contribution < 1.29 is 22.7 Å². The summed E-state index contributed by atoms with van der Waals surface area (Å²) in [6, 6.07) is 10.0. The molecule has 0 aromatic heterocycles. The molecule has 2 aliphatic heterocycles. The highest BCUT2D eigenvalue weighted by molar-refractivity contribution is 7.89. The number of ether oxygens (including phenoxy) is 2. The molecule has 2 aromatic carbocycles. The molecule has 0 aliphatic carbocycles. The highest BCUT2D eigenvalue weighted by atomic mass is 35.5. The van der Waals surface area contributed by atoms with E-state index in [9.17, 15) is 13.2 Å². The quantitative estimate of drug-likeness (QED) is 0.731. The maximum Gasteiger partial charge on any atom is 0.251 e. The van der Waals surface area contributed by atoms with Crippen LogP contribution in [0.4, 0.5) is 0 Å². The summed E-state index contributed by atoms with van der Waals surface area (Å²) < 4.78 is 38.2. The van der Waals surface area contributed by atoms with E-state index in [-0.39, 0.29) is 21.4 Å². The van der Waals surface area contributed by atoms with E-state index >= 15 is 0 Å². The van der Waals surface area contributed by atoms with Crippen LogP contribution in [0.5, 0.6) is 11.5 Å². The molecule has 0 saturated carbocycles. The van der Waals surface area contributed by atoms with Crippen molar-refractivity contribution in [1.29, 1.82) is 0 Å². The van der Waals surface area contributed by atoms with E-state index in [1.54, 1.807) is 0 Å². The molecule has 0 radical (unpaired) electrons. The van der Waals surface area contributed by atoms with Crippen molar-refractivity contribution in [1.82, 2.24) is 9.62 Å². The standard InChI is InChI=1S/C21H23ClN2O5S/c22-17-5-4-16(14-20(17)30(26,27)24-9-1-2-10-24)21(25)23-8-7-15-3-6-18-19(13-15)29-12-11-28-18/h3-6,13-14H,1-2,7-12H2,(H,23,25). The Morgan fingerprint density at radius 3 is 2.53 bits per heavy atom. The van der Waals surface area contributed by atoms with Gasteiger partial charge in [0.25, 0.3) is 5.91 Å². The molecule has 7 nitrogen and oxygen atoms in total. The van der Waals surface area contributed by atoms with Crippen molar-refractivity contribution in [2.45, 2.75) is 24.2 Å². The maximum atomic E-state index is 12.8. The fourth-order valence-electron chi connectivity index (χ4n) is 3.58. The van der Waals surface area contributed by atoms with Crippen LogP contribution in [-0.4, -0.2) is 51.5 Å². The van der Waals surface area contributed by atoms with Gasteiger partial charge in [-0.1, -0.05) is 17.7 Å². The smallest absolute Gasteiger partial charge is 0.251 e. The Labute approximate surface area is 181 Å². The summed E-state index contributed by atoms with van der Waals surface area (Å²) in [5.74, 6) is 1.09. The molecule has 1 N–H and O–H groups in total. The van der Waals surface area contributed by atoms with Gasteiger partial charge in [-0.2, -0.15) is 4.31 Å². The number of halogens is 1. The third kappa shape index (κ3) is 4.40. The van der Waals surface area contributed by atoms with Gasteiger partial charge in [0.1, 0.15) is 18.1 Å². The molecular formula is C21H23ClN2O5S. The molecular weight excluding hydrogens is 428 g/mol. The van der Waals surface area contributed by atoms with Crippen molar-refractivity contribution in [3.63, 3.8) is 0 Å². The molecule has 0 unspecified atom stereocenters. The van der Waals surface area contributed by atoms with Crippen LogP contribution < -0.4 is 14.8 Å². The highest BCUT2D eigenvalue weighted by Gasteiger charge is 2.29. The van der Waals surface area contributed by atoms with Gasteiger partial charge in [-0.05, 0) is 55.2 Å². The molecule has 2 aliphatic rings. The fraction of sp³-hybridized carbons (Fsp3) is 0.381. The summed E-state index contributed by atoms with van der Waals surface area (Å²) >= 11 is 6.15. The van der Waals surface area contributed by atoms with Gasteiger partial charge in [0, 0.05) is 25.2 Å². The number of hydrogen-bond donors (Lipinski definition) is 1. The van der Waals surface area contributed by atoms with Crippen LogP contribution in [0.3, 0.4) is 0 Å². The molecule has 2 heterocycles. The van der Waals surface area contributed by atoms with Gasteiger partial charge < -0.3 is 14.8 Å². The van der Waals surface area contributed by atoms with Gasteiger partial charge in [-0.3, -0.25) is 4.79 Å². The summed E-state index contributed by atoms with van der Waals surface area (Å²) in [5, 5.41) is 2.95. The molecule has 9 heteroatoms. The molecule has 1 saturated heterocycles. The third-order valence-corrected chi connectivity index (χ3v) is 7.56. The van der Waals surface area contributed by atoms with Crippen LogP contribution in [-0.2, 0) is 16.4 Å². The minimum atomic E-state index is -3.70. The lowest BCUT2D eigenvalue weighted by Crippen LogP contribution is -2.29. The predicted molar refractivity (Wildman–Crippen MR) is 113 cm³/mol. The van der Waals surface area contributed by atoms with Gasteiger partial charge >= 0.3 is 0 Å². The van der Waals surface area contributed by atoms with Crippen molar-refractivity contribution in [2.75, 3.05) is 32.8 Å². The number of carbonyl (C=O) groups excluding carboxylic acids is 1. The lowest BCUT2D eigenvalue weighted by atomic mass is 10.1. The van der Waals surface area contributed by atoms with E-state index in [1.807, 2.05) is 18.2 Å². The van der Waals surface area contributed by atoms with Crippen molar-refractivity contribution >= 4 is 27.5 Å². The van der Waals surface area contributed by atoms with E-state index in [0.29, 0.717) is 45.0 Å². The van der Waals surface area contributed by atoms with Gasteiger partial charge in [0.15, 0.2) is 11.5 Å². The Morgan fingerprint density at radius 2 is 1.77 bits per heavy atom. The second-order valence-electron chi connectivity index (χ2n) is 7.24. The monoisotopic (exact) mass is 450 g/mol. The number of sulfonamides is 1. The molecule has 4 rings (SSSR count). The average molecular weight is 451 g/mol. The third-order valence-electron chi connectivity index (χ3n) is 5.18. The maximum absolute atomic E-state index is 12.8.